The van der Waals surface area contributed by atoms with Gasteiger partial charge in [0.2, 0.25) is 0 Å². The van der Waals surface area contributed by atoms with Crippen LogP contribution < -0.4 is 34.7 Å². The number of carboxylic acid groups (broad SMARTS) is 1. The molecule has 0 aliphatic rings. The Kier molecular flexibility index (Phi) is 10.2. The zero-order valence-corrected chi connectivity index (χ0v) is 16.0. The summed E-state index contributed by atoms with van der Waals surface area (Å²) in [6.07, 6.45) is 6.65. The van der Waals surface area contributed by atoms with Crippen LogP contribution in [-0.4, -0.2) is 18.9 Å². The van der Waals surface area contributed by atoms with Gasteiger partial charge >= 0.3 is 29.6 Å². The van der Waals surface area contributed by atoms with Gasteiger partial charge in [0.05, 0.1) is 5.97 Å². The summed E-state index contributed by atoms with van der Waals surface area (Å²) < 4.78 is 32.1. The first-order valence-corrected chi connectivity index (χ1v) is 8.62. The van der Waals surface area contributed by atoms with Crippen LogP contribution in [0.2, 0.25) is 0 Å². The topological polar surface area (TPSA) is 94.5 Å². The Bertz CT molecular complexity index is 584. The molecule has 1 aromatic rings. The Morgan fingerprint density at radius 3 is 2.27 bits per heavy atom. The second kappa shape index (κ2) is 10.4. The Balaban J connectivity index is 0.00000441. The molecule has 0 aromatic heterocycles. The summed E-state index contributed by atoms with van der Waals surface area (Å²) in [5, 5.41) is 11.0. The molecule has 118 valence electrons. The Morgan fingerprint density at radius 1 is 1.14 bits per heavy atom. The van der Waals surface area contributed by atoms with Crippen LogP contribution in [0.3, 0.4) is 0 Å². The zero-order chi connectivity index (χ0) is 15.9. The van der Waals surface area contributed by atoms with E-state index < -0.39 is 26.5 Å². The number of carbonyl (C=O) groups is 1. The van der Waals surface area contributed by atoms with Crippen molar-refractivity contribution in [2.75, 3.05) is 0 Å². The van der Waals surface area contributed by atoms with Gasteiger partial charge in [0.25, 0.3) is 10.1 Å². The number of rotatable bonds is 9. The normalized spacial score (nSPS) is 11.0. The van der Waals surface area contributed by atoms with Crippen molar-refractivity contribution in [3.05, 3.63) is 29.3 Å². The fourth-order valence-electron chi connectivity index (χ4n) is 2.34. The Morgan fingerprint density at radius 2 is 1.73 bits per heavy atom. The first-order chi connectivity index (χ1) is 9.88. The van der Waals surface area contributed by atoms with Crippen molar-refractivity contribution in [1.82, 2.24) is 0 Å². The molecule has 7 heteroatoms. The van der Waals surface area contributed by atoms with Crippen LogP contribution in [0.1, 0.15) is 61.4 Å². The van der Waals surface area contributed by atoms with Crippen molar-refractivity contribution in [1.29, 1.82) is 0 Å². The van der Waals surface area contributed by atoms with Gasteiger partial charge in [-0.15, -0.1) is 0 Å². The van der Waals surface area contributed by atoms with Crippen molar-refractivity contribution in [3.63, 3.8) is 0 Å². The van der Waals surface area contributed by atoms with E-state index in [-0.39, 0.29) is 29.6 Å². The molecule has 0 aliphatic carbocycles. The molecule has 0 aliphatic heterocycles. The van der Waals surface area contributed by atoms with Crippen LogP contribution in [0, 0.1) is 0 Å². The number of carboxylic acids is 1. The molecule has 0 fully saturated rings. The SMILES string of the molecule is CCCCCCCCc1cccc(C(=O)[O-])c1S(=O)(=O)O.[Na+]. The predicted octanol–water partition coefficient (Wildman–Crippen LogP) is -0.796. The second-order valence-electron chi connectivity index (χ2n) is 5.07. The molecule has 0 bridgehead atoms. The monoisotopic (exact) mass is 336 g/mol. The molecule has 0 atom stereocenters. The quantitative estimate of drug-likeness (QED) is 0.362. The molecule has 0 heterocycles. The standard InChI is InChI=1S/C15H22O5S.Na/c1-2-3-4-5-6-7-9-12-10-8-11-13(15(16)17)14(12)21(18,19)20;/h8,10-11H,2-7,9H2,1H3,(H,16,17)(H,18,19,20);/q;+1/p-1. The van der Waals surface area contributed by atoms with Crippen molar-refractivity contribution in [2.45, 2.75) is 56.8 Å². The van der Waals surface area contributed by atoms with Crippen molar-refractivity contribution in [2.24, 2.45) is 0 Å². The first kappa shape index (κ1) is 21.6. The van der Waals surface area contributed by atoms with Gasteiger partial charge in [-0.2, -0.15) is 8.42 Å². The number of hydrogen-bond donors (Lipinski definition) is 1. The average molecular weight is 336 g/mol. The molecule has 0 saturated heterocycles. The number of carbonyl (C=O) groups excluding carboxylic acids is 1. The van der Waals surface area contributed by atoms with E-state index in [1.807, 2.05) is 0 Å². The number of unbranched alkanes of at least 4 members (excludes halogenated alkanes) is 5. The molecule has 0 unspecified atom stereocenters. The van der Waals surface area contributed by atoms with E-state index in [0.717, 1.165) is 38.2 Å². The summed E-state index contributed by atoms with van der Waals surface area (Å²) in [6, 6.07) is 4.12. The third-order valence-electron chi connectivity index (χ3n) is 3.37. The molecule has 5 nitrogen and oxygen atoms in total. The number of aromatic carboxylic acids is 1. The smallest absolute Gasteiger partial charge is 0.545 e. The molecule has 1 N–H and O–H groups in total. The average Bonchev–Trinajstić information content (AvgIpc) is 2.41. The van der Waals surface area contributed by atoms with E-state index in [2.05, 4.69) is 6.92 Å². The molecule has 0 spiro atoms. The van der Waals surface area contributed by atoms with Crippen molar-refractivity contribution >= 4 is 16.1 Å². The minimum absolute atomic E-state index is 0. The van der Waals surface area contributed by atoms with Crippen LogP contribution in [0.5, 0.6) is 0 Å². The molecular formula is C15H21NaO5S. The van der Waals surface area contributed by atoms with Crippen molar-refractivity contribution in [3.8, 4) is 0 Å². The molecule has 0 radical (unpaired) electrons. The predicted molar refractivity (Wildman–Crippen MR) is 77.7 cm³/mol. The summed E-state index contributed by atoms with van der Waals surface area (Å²) >= 11 is 0. The largest absolute Gasteiger partial charge is 1.00 e. The molecule has 0 saturated carbocycles. The van der Waals surface area contributed by atoms with Crippen molar-refractivity contribution < 1.29 is 52.4 Å². The molecule has 0 amide bonds. The maximum atomic E-state index is 11.4. The van der Waals surface area contributed by atoms with E-state index in [4.69, 9.17) is 0 Å². The minimum atomic E-state index is -4.58. The maximum Gasteiger partial charge on any atom is 1.00 e. The summed E-state index contributed by atoms with van der Waals surface area (Å²) in [6.45, 7) is 2.13. The van der Waals surface area contributed by atoms with E-state index >= 15 is 0 Å². The zero-order valence-electron chi connectivity index (χ0n) is 13.2. The van der Waals surface area contributed by atoms with E-state index in [1.165, 1.54) is 18.6 Å². The van der Waals surface area contributed by atoms with Gasteiger partial charge < -0.3 is 9.90 Å². The van der Waals surface area contributed by atoms with Gasteiger partial charge in [0, 0.05) is 5.56 Å². The van der Waals surface area contributed by atoms with Gasteiger partial charge in [-0.3, -0.25) is 4.55 Å². The third-order valence-corrected chi connectivity index (χ3v) is 4.37. The molecule has 22 heavy (non-hydrogen) atoms. The Labute approximate surface area is 154 Å². The van der Waals surface area contributed by atoms with Gasteiger partial charge in [-0.05, 0) is 18.4 Å². The summed E-state index contributed by atoms with van der Waals surface area (Å²) in [5.41, 5.74) is -0.157. The Hall–Kier alpha value is -0.400. The third kappa shape index (κ3) is 6.79. The van der Waals surface area contributed by atoms with Crippen LogP contribution in [0.15, 0.2) is 23.1 Å². The van der Waals surface area contributed by atoms with Gasteiger partial charge in [-0.1, -0.05) is 57.2 Å². The fourth-order valence-corrected chi connectivity index (χ4v) is 3.27. The van der Waals surface area contributed by atoms with E-state index in [9.17, 15) is 22.9 Å². The number of benzene rings is 1. The summed E-state index contributed by atoms with van der Waals surface area (Å²) in [4.78, 5) is 10.5. The second-order valence-corrected chi connectivity index (χ2v) is 6.43. The molecular weight excluding hydrogens is 315 g/mol. The van der Waals surface area contributed by atoms with Gasteiger partial charge in [0.15, 0.2) is 0 Å². The molecule has 1 rings (SSSR count). The van der Waals surface area contributed by atoms with Gasteiger partial charge in [-0.25, -0.2) is 0 Å². The van der Waals surface area contributed by atoms with Crippen LogP contribution >= 0.6 is 0 Å². The van der Waals surface area contributed by atoms with Crippen LogP contribution in [-0.2, 0) is 16.5 Å². The van der Waals surface area contributed by atoms with Crippen LogP contribution in [0.4, 0.5) is 0 Å². The fraction of sp³-hybridized carbons (Fsp3) is 0.533. The van der Waals surface area contributed by atoms with Crippen LogP contribution in [0.25, 0.3) is 0 Å². The maximum absolute atomic E-state index is 11.4. The molecule has 1 aromatic carbocycles. The summed E-state index contributed by atoms with van der Waals surface area (Å²) in [5.74, 6) is -1.60. The van der Waals surface area contributed by atoms with E-state index in [0.29, 0.717) is 12.0 Å². The van der Waals surface area contributed by atoms with Gasteiger partial charge in [0.1, 0.15) is 4.90 Å². The number of aryl methyl sites for hydroxylation is 1. The summed E-state index contributed by atoms with van der Waals surface area (Å²) in [7, 11) is -4.58. The van der Waals surface area contributed by atoms with E-state index in [1.54, 1.807) is 0 Å². The first-order valence-electron chi connectivity index (χ1n) is 7.18. The minimum Gasteiger partial charge on any atom is -0.545 e. The number of hydrogen-bond acceptors (Lipinski definition) is 4.